The van der Waals surface area contributed by atoms with E-state index in [2.05, 4.69) is 4.85 Å². The second-order valence-electron chi connectivity index (χ2n) is 10.1. The van der Waals surface area contributed by atoms with Crippen LogP contribution in [-0.4, -0.2) is 25.5 Å². The molecule has 0 saturated carbocycles. The van der Waals surface area contributed by atoms with Gasteiger partial charge in [-0.25, -0.2) is 30.8 Å². The summed E-state index contributed by atoms with van der Waals surface area (Å²) < 4.78 is 64.0. The van der Waals surface area contributed by atoms with Crippen molar-refractivity contribution < 1.29 is 26.7 Å². The lowest BCUT2D eigenvalue weighted by Crippen LogP contribution is -2.15. The van der Waals surface area contributed by atoms with Crippen molar-refractivity contribution in [2.75, 3.05) is 7.11 Å². The van der Waals surface area contributed by atoms with Crippen molar-refractivity contribution in [3.8, 4) is 33.5 Å². The standard InChI is InChI=1S/C34H21ClF2N2O4S2/c1-19-15-24(9-11-29(19)37)45(41,42)39-30-12-8-23(36)18-27(30)31(26-13-14-44-33(26)38-2)32(39)21-6-4-5-20(16-21)25-10-7-22(17-28(25)35)34(40)43-3/h4-18H,1,3H3. The first-order valence-electron chi connectivity index (χ1n) is 13.3. The summed E-state index contributed by atoms with van der Waals surface area (Å²) in [6.45, 7) is 9.24. The molecule has 45 heavy (non-hydrogen) atoms. The van der Waals surface area contributed by atoms with Crippen LogP contribution in [0.3, 0.4) is 0 Å². The molecule has 0 saturated heterocycles. The Balaban J connectivity index is 1.71. The first-order chi connectivity index (χ1) is 21.5. The molecule has 0 unspecified atom stereocenters. The third-order valence-electron chi connectivity index (χ3n) is 7.41. The topological polar surface area (TPSA) is 69.7 Å². The van der Waals surface area contributed by atoms with Gasteiger partial charge in [-0.05, 0) is 78.0 Å². The summed E-state index contributed by atoms with van der Waals surface area (Å²) in [6, 6.07) is 20.7. The fourth-order valence-electron chi connectivity index (χ4n) is 5.31. The van der Waals surface area contributed by atoms with E-state index in [9.17, 15) is 22.0 Å². The van der Waals surface area contributed by atoms with E-state index in [1.807, 2.05) is 0 Å². The highest BCUT2D eigenvalue weighted by molar-refractivity contribution is 7.90. The maximum atomic E-state index is 14.8. The number of carbonyl (C=O) groups excluding carboxylic acids is 1. The molecule has 0 radical (unpaired) electrons. The van der Waals surface area contributed by atoms with Crippen LogP contribution in [0.25, 0.3) is 49.3 Å². The average molecular weight is 659 g/mol. The van der Waals surface area contributed by atoms with Gasteiger partial charge in [-0.2, -0.15) is 11.3 Å². The maximum Gasteiger partial charge on any atom is 0.337 e. The molecule has 0 spiro atoms. The Bertz CT molecular complexity index is 2320. The van der Waals surface area contributed by atoms with E-state index >= 15 is 0 Å². The molecule has 0 aliphatic carbocycles. The van der Waals surface area contributed by atoms with Gasteiger partial charge < -0.3 is 4.74 Å². The number of hydrogen-bond donors (Lipinski definition) is 0. The lowest BCUT2D eigenvalue weighted by molar-refractivity contribution is 0.0600. The van der Waals surface area contributed by atoms with E-state index in [1.165, 1.54) is 61.8 Å². The minimum Gasteiger partial charge on any atom is -0.465 e. The molecular formula is C34H21ClF2N2O4S2. The molecule has 0 bridgehead atoms. The highest BCUT2D eigenvalue weighted by Crippen LogP contribution is 2.48. The molecule has 2 aromatic heterocycles. The van der Waals surface area contributed by atoms with E-state index in [0.717, 1.165) is 10.0 Å². The van der Waals surface area contributed by atoms with Crippen molar-refractivity contribution in [2.24, 2.45) is 0 Å². The van der Waals surface area contributed by atoms with Crippen LogP contribution < -0.4 is 0 Å². The monoisotopic (exact) mass is 658 g/mol. The lowest BCUT2D eigenvalue weighted by atomic mass is 9.96. The summed E-state index contributed by atoms with van der Waals surface area (Å²) in [6.07, 6.45) is 0. The summed E-state index contributed by atoms with van der Waals surface area (Å²) in [5.41, 5.74) is 3.15. The molecular weight excluding hydrogens is 638 g/mol. The fourth-order valence-corrected chi connectivity index (χ4v) is 7.91. The van der Waals surface area contributed by atoms with Crippen molar-refractivity contribution in [2.45, 2.75) is 11.8 Å². The molecule has 0 aliphatic rings. The Labute approximate surface area is 266 Å². The minimum absolute atomic E-state index is 0.139. The quantitative estimate of drug-likeness (QED) is 0.132. The van der Waals surface area contributed by atoms with Crippen LogP contribution >= 0.6 is 22.9 Å². The zero-order chi connectivity index (χ0) is 32.0. The van der Waals surface area contributed by atoms with Gasteiger partial charge in [-0.1, -0.05) is 41.9 Å². The molecule has 2 heterocycles. The molecule has 0 atom stereocenters. The Morgan fingerprint density at radius 3 is 2.44 bits per heavy atom. The predicted octanol–water partition coefficient (Wildman–Crippen LogP) is 9.52. The Morgan fingerprint density at radius 2 is 1.73 bits per heavy atom. The van der Waals surface area contributed by atoms with Crippen LogP contribution in [0.1, 0.15) is 15.9 Å². The molecule has 6 rings (SSSR count). The van der Waals surface area contributed by atoms with Crippen molar-refractivity contribution in [1.82, 2.24) is 3.97 Å². The number of esters is 1. The van der Waals surface area contributed by atoms with Crippen LogP contribution in [-0.2, 0) is 14.8 Å². The summed E-state index contributed by atoms with van der Waals surface area (Å²) in [4.78, 5) is 15.5. The number of methoxy groups -OCH3 is 1. The van der Waals surface area contributed by atoms with Crippen LogP contribution in [0.15, 0.2) is 95.2 Å². The molecule has 6 nitrogen and oxygen atoms in total. The number of carbonyl (C=O) groups is 1. The van der Waals surface area contributed by atoms with Crippen LogP contribution in [0.4, 0.5) is 13.8 Å². The number of halogens is 3. The molecule has 0 amide bonds. The molecule has 4 aromatic carbocycles. The molecule has 6 aromatic rings. The number of aromatic nitrogens is 1. The molecule has 0 fully saturated rings. The average Bonchev–Trinajstić information content (AvgIpc) is 3.64. The first kappa shape index (κ1) is 30.2. The number of thiophene rings is 1. The van der Waals surface area contributed by atoms with E-state index < -0.39 is 27.6 Å². The summed E-state index contributed by atoms with van der Waals surface area (Å²) >= 11 is 7.78. The van der Waals surface area contributed by atoms with Crippen LogP contribution in [0.2, 0.25) is 5.02 Å². The molecule has 0 N–H and O–H groups in total. The normalized spacial score (nSPS) is 11.5. The Hall–Kier alpha value is -4.82. The Morgan fingerprint density at radius 1 is 0.956 bits per heavy atom. The van der Waals surface area contributed by atoms with E-state index in [-0.39, 0.29) is 37.6 Å². The highest BCUT2D eigenvalue weighted by Gasteiger charge is 2.30. The van der Waals surface area contributed by atoms with Gasteiger partial charge in [0.25, 0.3) is 10.0 Å². The summed E-state index contributed by atoms with van der Waals surface area (Å²) in [5.74, 6) is -1.70. The van der Waals surface area contributed by atoms with E-state index in [1.54, 1.807) is 47.8 Å². The molecule has 224 valence electrons. The summed E-state index contributed by atoms with van der Waals surface area (Å²) in [7, 11) is -3.15. The minimum atomic E-state index is -4.41. The number of rotatable bonds is 6. The van der Waals surface area contributed by atoms with E-state index in [4.69, 9.17) is 22.9 Å². The van der Waals surface area contributed by atoms with Gasteiger partial charge in [-0.3, -0.25) is 0 Å². The second-order valence-corrected chi connectivity index (χ2v) is 13.2. The largest absolute Gasteiger partial charge is 0.465 e. The smallest absolute Gasteiger partial charge is 0.337 e. The number of aryl methyl sites for hydroxylation is 1. The SMILES string of the molecule is [C-]#[N+]c1sccc1-c1c(-c2cccc(-c3ccc(C(=O)OC)cc3Cl)c2)n(S(=O)(=O)c2ccc(F)c(C)c2)c2ccc(F)cc12. The first-order valence-corrected chi connectivity index (χ1v) is 16.0. The maximum absolute atomic E-state index is 14.8. The lowest BCUT2D eigenvalue weighted by Gasteiger charge is -2.15. The van der Waals surface area contributed by atoms with Gasteiger partial charge in [0, 0.05) is 32.7 Å². The second kappa shape index (κ2) is 11.6. The van der Waals surface area contributed by atoms with Gasteiger partial charge in [0.2, 0.25) is 5.00 Å². The zero-order valence-corrected chi connectivity index (χ0v) is 26.0. The number of fused-ring (bicyclic) bond motifs is 1. The summed E-state index contributed by atoms with van der Waals surface area (Å²) in [5, 5.41) is 2.56. The zero-order valence-electron chi connectivity index (χ0n) is 23.6. The van der Waals surface area contributed by atoms with Crippen LogP contribution in [0.5, 0.6) is 0 Å². The Kier molecular flexibility index (Phi) is 7.79. The third-order valence-corrected chi connectivity index (χ3v) is 10.2. The number of nitrogens with zero attached hydrogens (tertiary/aromatic N) is 2. The van der Waals surface area contributed by atoms with Gasteiger partial charge >= 0.3 is 5.97 Å². The van der Waals surface area contributed by atoms with Gasteiger partial charge in [-0.15, -0.1) is 0 Å². The highest BCUT2D eigenvalue weighted by atomic mass is 35.5. The van der Waals surface area contributed by atoms with Crippen molar-refractivity contribution in [3.63, 3.8) is 0 Å². The van der Waals surface area contributed by atoms with Crippen molar-refractivity contribution in [3.05, 3.63) is 130 Å². The fraction of sp³-hybridized carbons (Fsp3) is 0.0588. The van der Waals surface area contributed by atoms with Gasteiger partial charge in [0.05, 0.1) is 35.4 Å². The van der Waals surface area contributed by atoms with Gasteiger partial charge in [0.1, 0.15) is 11.6 Å². The molecule has 11 heteroatoms. The van der Waals surface area contributed by atoms with Crippen molar-refractivity contribution in [1.29, 1.82) is 0 Å². The number of hydrogen-bond acceptors (Lipinski definition) is 5. The van der Waals surface area contributed by atoms with E-state index in [0.29, 0.717) is 32.8 Å². The molecule has 0 aliphatic heterocycles. The van der Waals surface area contributed by atoms with Crippen LogP contribution in [0, 0.1) is 25.1 Å². The predicted molar refractivity (Wildman–Crippen MR) is 172 cm³/mol. The van der Waals surface area contributed by atoms with Gasteiger partial charge in [0.15, 0.2) is 0 Å². The third kappa shape index (κ3) is 5.19. The number of benzene rings is 4. The van der Waals surface area contributed by atoms with Crippen molar-refractivity contribution >= 4 is 54.8 Å². The number of ether oxygens (including phenoxy) is 1.